The highest BCUT2D eigenvalue weighted by atomic mass is 16.3. The van der Waals surface area contributed by atoms with E-state index in [2.05, 4.69) is 60.3 Å². The van der Waals surface area contributed by atoms with Crippen molar-refractivity contribution in [3.05, 3.63) is 24.3 Å². The van der Waals surface area contributed by atoms with Gasteiger partial charge in [-0.1, -0.05) is 0 Å². The van der Waals surface area contributed by atoms with E-state index in [0.717, 1.165) is 13.1 Å². The van der Waals surface area contributed by atoms with Gasteiger partial charge in [0.15, 0.2) is 0 Å². The van der Waals surface area contributed by atoms with E-state index in [1.807, 2.05) is 0 Å². The molecule has 0 saturated carbocycles. The number of likely N-dealkylation sites (tertiary alicyclic amines) is 1. The van der Waals surface area contributed by atoms with Crippen LogP contribution in [0.15, 0.2) is 24.3 Å². The van der Waals surface area contributed by atoms with Crippen molar-refractivity contribution in [2.24, 2.45) is 0 Å². The number of nitrogens with zero attached hydrogens (tertiary/aromatic N) is 2. The first-order valence-corrected chi connectivity index (χ1v) is 7.56. The Morgan fingerprint density at radius 1 is 1.35 bits per heavy atom. The van der Waals surface area contributed by atoms with Gasteiger partial charge in [-0.15, -0.1) is 0 Å². The molecule has 0 aromatic heterocycles. The largest absolute Gasteiger partial charge is 0.395 e. The van der Waals surface area contributed by atoms with Gasteiger partial charge in [-0.25, -0.2) is 0 Å². The Hall–Kier alpha value is -1.26. The van der Waals surface area contributed by atoms with Gasteiger partial charge in [0.25, 0.3) is 0 Å². The molecule has 2 rings (SSSR count). The molecule has 1 aromatic carbocycles. The summed E-state index contributed by atoms with van der Waals surface area (Å²) < 4.78 is 0. The van der Waals surface area contributed by atoms with Crippen molar-refractivity contribution in [2.75, 3.05) is 43.5 Å². The molecule has 0 amide bonds. The molecule has 2 N–H and O–H groups in total. The van der Waals surface area contributed by atoms with Crippen LogP contribution < -0.4 is 10.2 Å². The SMILES string of the molecule is CCN(CCO)c1ccc(NC2CC(C)N(C)C2)cc1. The van der Waals surface area contributed by atoms with Gasteiger partial charge in [0.1, 0.15) is 0 Å². The Balaban J connectivity index is 1.94. The van der Waals surface area contributed by atoms with Crippen molar-refractivity contribution >= 4 is 11.4 Å². The summed E-state index contributed by atoms with van der Waals surface area (Å²) in [5, 5.41) is 12.7. The third kappa shape index (κ3) is 3.64. The van der Waals surface area contributed by atoms with Gasteiger partial charge >= 0.3 is 0 Å². The summed E-state index contributed by atoms with van der Waals surface area (Å²) in [4.78, 5) is 4.57. The summed E-state index contributed by atoms with van der Waals surface area (Å²) >= 11 is 0. The van der Waals surface area contributed by atoms with Gasteiger partial charge in [-0.3, -0.25) is 0 Å². The van der Waals surface area contributed by atoms with Crippen LogP contribution in [0.2, 0.25) is 0 Å². The van der Waals surface area contributed by atoms with E-state index in [9.17, 15) is 0 Å². The first-order chi connectivity index (χ1) is 9.63. The lowest BCUT2D eigenvalue weighted by Gasteiger charge is -2.22. The minimum absolute atomic E-state index is 0.195. The molecule has 0 radical (unpaired) electrons. The maximum absolute atomic E-state index is 9.06. The number of hydrogen-bond donors (Lipinski definition) is 2. The van der Waals surface area contributed by atoms with E-state index in [4.69, 9.17) is 5.11 Å². The Kier molecular flexibility index (Phi) is 5.26. The molecule has 2 atom stereocenters. The third-order valence-electron chi connectivity index (χ3n) is 4.24. The lowest BCUT2D eigenvalue weighted by molar-refractivity contribution is 0.302. The van der Waals surface area contributed by atoms with E-state index >= 15 is 0 Å². The van der Waals surface area contributed by atoms with Crippen LogP contribution in [0.3, 0.4) is 0 Å². The first-order valence-electron chi connectivity index (χ1n) is 7.56. The number of likely N-dealkylation sites (N-methyl/N-ethyl adjacent to an activating group) is 2. The molecule has 112 valence electrons. The van der Waals surface area contributed by atoms with Crippen molar-refractivity contribution < 1.29 is 5.11 Å². The van der Waals surface area contributed by atoms with Crippen LogP contribution in [0.1, 0.15) is 20.3 Å². The lowest BCUT2D eigenvalue weighted by Crippen LogP contribution is -2.26. The number of hydrogen-bond acceptors (Lipinski definition) is 4. The van der Waals surface area contributed by atoms with Gasteiger partial charge in [-0.2, -0.15) is 0 Å². The Morgan fingerprint density at radius 3 is 2.55 bits per heavy atom. The number of anilines is 2. The van der Waals surface area contributed by atoms with Crippen LogP contribution in [-0.2, 0) is 0 Å². The molecule has 0 aliphatic carbocycles. The molecule has 0 spiro atoms. The number of aliphatic hydroxyl groups excluding tert-OH is 1. The minimum atomic E-state index is 0.195. The van der Waals surface area contributed by atoms with Crippen LogP contribution in [0, 0.1) is 0 Å². The second-order valence-electron chi connectivity index (χ2n) is 5.72. The van der Waals surface area contributed by atoms with Crippen LogP contribution in [-0.4, -0.2) is 55.4 Å². The van der Waals surface area contributed by atoms with Gasteiger partial charge in [0.2, 0.25) is 0 Å². The number of nitrogens with one attached hydrogen (secondary N) is 1. The minimum Gasteiger partial charge on any atom is -0.395 e. The number of rotatable bonds is 6. The molecular formula is C16H27N3O. The van der Waals surface area contributed by atoms with Crippen LogP contribution in [0.5, 0.6) is 0 Å². The topological polar surface area (TPSA) is 38.7 Å². The molecule has 2 unspecified atom stereocenters. The zero-order valence-corrected chi connectivity index (χ0v) is 12.8. The maximum Gasteiger partial charge on any atom is 0.0606 e. The average Bonchev–Trinajstić information content (AvgIpc) is 2.76. The normalized spacial score (nSPS) is 23.0. The van der Waals surface area contributed by atoms with E-state index in [1.165, 1.54) is 17.8 Å². The molecule has 1 aliphatic rings. The highest BCUT2D eigenvalue weighted by molar-refractivity contribution is 5.55. The standard InChI is InChI=1S/C16H27N3O/c1-4-19(9-10-20)16-7-5-14(6-8-16)17-15-11-13(2)18(3)12-15/h5-8,13,15,17,20H,4,9-12H2,1-3H3. The van der Waals surface area contributed by atoms with Crippen molar-refractivity contribution in [1.29, 1.82) is 0 Å². The average molecular weight is 277 g/mol. The smallest absolute Gasteiger partial charge is 0.0606 e. The summed E-state index contributed by atoms with van der Waals surface area (Å²) in [6, 6.07) is 9.73. The van der Waals surface area contributed by atoms with Crippen molar-refractivity contribution in [3.8, 4) is 0 Å². The fraction of sp³-hybridized carbons (Fsp3) is 0.625. The van der Waals surface area contributed by atoms with E-state index in [0.29, 0.717) is 18.6 Å². The van der Waals surface area contributed by atoms with Gasteiger partial charge in [-0.05, 0) is 51.6 Å². The molecule has 1 saturated heterocycles. The predicted molar refractivity (Wildman–Crippen MR) is 85.5 cm³/mol. The molecule has 4 nitrogen and oxygen atoms in total. The van der Waals surface area contributed by atoms with Crippen molar-refractivity contribution in [2.45, 2.75) is 32.4 Å². The molecule has 4 heteroatoms. The van der Waals surface area contributed by atoms with Gasteiger partial charge < -0.3 is 20.2 Å². The van der Waals surface area contributed by atoms with Crippen LogP contribution in [0.25, 0.3) is 0 Å². The van der Waals surface area contributed by atoms with Gasteiger partial charge in [0.05, 0.1) is 6.61 Å². The molecule has 1 aliphatic heterocycles. The number of benzene rings is 1. The number of aliphatic hydroxyl groups is 1. The van der Waals surface area contributed by atoms with Gasteiger partial charge in [0, 0.05) is 43.1 Å². The zero-order valence-electron chi connectivity index (χ0n) is 12.8. The van der Waals surface area contributed by atoms with E-state index < -0.39 is 0 Å². The van der Waals surface area contributed by atoms with Crippen LogP contribution in [0.4, 0.5) is 11.4 Å². The van der Waals surface area contributed by atoms with E-state index in [-0.39, 0.29) is 6.61 Å². The molecular weight excluding hydrogens is 250 g/mol. The Labute approximate surface area is 122 Å². The summed E-state index contributed by atoms with van der Waals surface area (Å²) in [5.41, 5.74) is 2.35. The second-order valence-corrected chi connectivity index (χ2v) is 5.72. The summed E-state index contributed by atoms with van der Waals surface area (Å²) in [7, 11) is 2.18. The highest BCUT2D eigenvalue weighted by Gasteiger charge is 2.25. The van der Waals surface area contributed by atoms with Crippen LogP contribution >= 0.6 is 0 Å². The lowest BCUT2D eigenvalue weighted by atomic mass is 10.1. The second kappa shape index (κ2) is 6.95. The molecule has 1 fully saturated rings. The summed E-state index contributed by atoms with van der Waals surface area (Å²) in [6.07, 6.45) is 1.20. The third-order valence-corrected chi connectivity index (χ3v) is 4.24. The zero-order chi connectivity index (χ0) is 14.5. The summed E-state index contributed by atoms with van der Waals surface area (Å²) in [6.45, 7) is 7.29. The maximum atomic E-state index is 9.06. The highest BCUT2D eigenvalue weighted by Crippen LogP contribution is 2.22. The monoisotopic (exact) mass is 277 g/mol. The predicted octanol–water partition coefficient (Wildman–Crippen LogP) is 2.01. The van der Waals surface area contributed by atoms with E-state index in [1.54, 1.807) is 0 Å². The quantitative estimate of drug-likeness (QED) is 0.834. The molecule has 1 heterocycles. The fourth-order valence-corrected chi connectivity index (χ4v) is 2.89. The molecule has 0 bridgehead atoms. The fourth-order valence-electron chi connectivity index (χ4n) is 2.89. The van der Waals surface area contributed by atoms with Crippen molar-refractivity contribution in [1.82, 2.24) is 4.90 Å². The molecule has 20 heavy (non-hydrogen) atoms. The summed E-state index contributed by atoms with van der Waals surface area (Å²) in [5.74, 6) is 0. The first kappa shape index (κ1) is 15.1. The Bertz CT molecular complexity index is 397. The molecule has 1 aromatic rings. The Morgan fingerprint density at radius 2 is 2.05 bits per heavy atom. The van der Waals surface area contributed by atoms with Crippen molar-refractivity contribution in [3.63, 3.8) is 0 Å².